The summed E-state index contributed by atoms with van der Waals surface area (Å²) in [4.78, 5) is 0. The molecule has 0 amide bonds. The van der Waals surface area contributed by atoms with Gasteiger partial charge in [0.05, 0.1) is 16.1 Å². The molecule has 0 radical (unpaired) electrons. The van der Waals surface area contributed by atoms with Crippen LogP contribution in [0.3, 0.4) is 0 Å². The molecule has 0 aromatic heterocycles. The van der Waals surface area contributed by atoms with E-state index < -0.39 is 12.2 Å². The summed E-state index contributed by atoms with van der Waals surface area (Å²) < 4.78 is 0. The average Bonchev–Trinajstić information content (AvgIpc) is 2.21. The van der Waals surface area contributed by atoms with Gasteiger partial charge in [-0.2, -0.15) is 0 Å². The summed E-state index contributed by atoms with van der Waals surface area (Å²) in [6.07, 6.45) is -2.04. The van der Waals surface area contributed by atoms with Crippen LogP contribution in [0.5, 0.6) is 0 Å². The van der Waals surface area contributed by atoms with Crippen molar-refractivity contribution >= 4 is 50.7 Å². The summed E-state index contributed by atoms with van der Waals surface area (Å²) in [5.41, 5.74) is 0.359. The van der Waals surface area contributed by atoms with E-state index in [0.717, 1.165) is 0 Å². The van der Waals surface area contributed by atoms with Crippen LogP contribution in [0, 0.1) is 0 Å². The molecule has 0 heterocycles. The number of benzene rings is 1. The topological polar surface area (TPSA) is 40.5 Å². The van der Waals surface area contributed by atoms with Crippen LogP contribution in [-0.4, -0.2) is 21.6 Å². The van der Waals surface area contributed by atoms with E-state index >= 15 is 0 Å². The van der Waals surface area contributed by atoms with Crippen molar-refractivity contribution < 1.29 is 10.2 Å². The van der Waals surface area contributed by atoms with Gasteiger partial charge in [-0.05, 0) is 12.1 Å². The highest BCUT2D eigenvalue weighted by molar-refractivity contribution is 9.09. The smallest absolute Gasteiger partial charge is 0.107 e. The zero-order valence-corrected chi connectivity index (χ0v) is 11.3. The molecule has 2 unspecified atom stereocenters. The van der Waals surface area contributed by atoms with Crippen molar-refractivity contribution in [2.45, 2.75) is 12.2 Å². The van der Waals surface area contributed by atoms with E-state index in [9.17, 15) is 10.2 Å². The minimum atomic E-state index is -1.09. The maximum absolute atomic E-state index is 9.72. The molecule has 2 nitrogen and oxygen atoms in total. The minimum Gasteiger partial charge on any atom is -0.389 e. The molecule has 0 spiro atoms. The van der Waals surface area contributed by atoms with E-state index in [1.165, 1.54) is 12.1 Å². The molecule has 2 N–H and O–H groups in total. The van der Waals surface area contributed by atoms with Gasteiger partial charge in [-0.25, -0.2) is 0 Å². The normalized spacial score (nSPS) is 15.1. The lowest BCUT2D eigenvalue weighted by molar-refractivity contribution is 0.0343. The van der Waals surface area contributed by atoms with Crippen molar-refractivity contribution in [3.8, 4) is 0 Å². The molecule has 1 aromatic rings. The first-order valence-corrected chi connectivity index (χ1v) is 6.29. The maximum Gasteiger partial charge on any atom is 0.107 e. The Labute approximate surface area is 111 Å². The number of aliphatic hydroxyl groups is 2. The predicted molar refractivity (Wildman–Crippen MR) is 66.2 cm³/mol. The van der Waals surface area contributed by atoms with Crippen LogP contribution in [0.1, 0.15) is 11.7 Å². The minimum absolute atomic E-state index is 0.241. The Morgan fingerprint density at radius 2 is 1.60 bits per heavy atom. The summed E-state index contributed by atoms with van der Waals surface area (Å²) in [6, 6.07) is 2.88. The fourth-order valence-corrected chi connectivity index (χ4v) is 2.08. The van der Waals surface area contributed by atoms with Crippen molar-refractivity contribution in [3.63, 3.8) is 0 Å². The molecule has 0 saturated carbocycles. The van der Waals surface area contributed by atoms with Crippen LogP contribution < -0.4 is 0 Å². The van der Waals surface area contributed by atoms with Gasteiger partial charge in [0.25, 0.3) is 0 Å². The standard InChI is InChI=1S/C9H8BrCl3O2/c10-3-8(14)9(15)4-1-6(12)7(13)2-5(4)11/h1-2,8-9,14-15H,3H2. The lowest BCUT2D eigenvalue weighted by Gasteiger charge is -2.17. The molecule has 0 aliphatic heterocycles. The van der Waals surface area contributed by atoms with Gasteiger partial charge in [0.15, 0.2) is 0 Å². The molecule has 84 valence electrons. The number of rotatable bonds is 3. The molecule has 15 heavy (non-hydrogen) atoms. The van der Waals surface area contributed by atoms with Crippen molar-refractivity contribution in [3.05, 3.63) is 32.8 Å². The summed E-state index contributed by atoms with van der Waals surface area (Å²) in [5, 5.41) is 20.3. The highest BCUT2D eigenvalue weighted by Gasteiger charge is 2.20. The van der Waals surface area contributed by atoms with Crippen molar-refractivity contribution in [1.82, 2.24) is 0 Å². The maximum atomic E-state index is 9.72. The number of hydrogen-bond donors (Lipinski definition) is 2. The summed E-state index contributed by atoms with van der Waals surface area (Å²) in [6.45, 7) is 0. The highest BCUT2D eigenvalue weighted by atomic mass is 79.9. The van der Waals surface area contributed by atoms with Crippen LogP contribution in [0.2, 0.25) is 15.1 Å². The summed E-state index contributed by atoms with van der Waals surface area (Å²) in [7, 11) is 0. The van der Waals surface area contributed by atoms with Crippen LogP contribution in [0.4, 0.5) is 0 Å². The first-order chi connectivity index (χ1) is 6.97. The third kappa shape index (κ3) is 3.22. The second-order valence-electron chi connectivity index (χ2n) is 2.95. The molecule has 0 fully saturated rings. The third-order valence-corrected chi connectivity index (χ3v) is 3.59. The summed E-state index contributed by atoms with van der Waals surface area (Å²) >= 11 is 20.4. The second-order valence-corrected chi connectivity index (χ2v) is 4.82. The van der Waals surface area contributed by atoms with E-state index in [1.807, 2.05) is 0 Å². The SMILES string of the molecule is OC(CBr)C(O)c1cc(Cl)c(Cl)cc1Cl. The molecule has 2 atom stereocenters. The van der Waals surface area contributed by atoms with E-state index in [2.05, 4.69) is 15.9 Å². The lowest BCUT2D eigenvalue weighted by Crippen LogP contribution is -2.19. The third-order valence-electron chi connectivity index (χ3n) is 1.88. The average molecular weight is 334 g/mol. The fraction of sp³-hybridized carbons (Fsp3) is 0.333. The molecule has 0 saturated heterocycles. The van der Waals surface area contributed by atoms with Crippen molar-refractivity contribution in [2.75, 3.05) is 5.33 Å². The molecule has 0 aliphatic rings. The molecule has 6 heteroatoms. The molecule has 1 rings (SSSR count). The van der Waals surface area contributed by atoms with Crippen LogP contribution in [-0.2, 0) is 0 Å². The van der Waals surface area contributed by atoms with Crippen LogP contribution in [0.25, 0.3) is 0 Å². The van der Waals surface area contributed by atoms with E-state index in [1.54, 1.807) is 0 Å². The van der Waals surface area contributed by atoms with Crippen molar-refractivity contribution in [1.29, 1.82) is 0 Å². The quantitative estimate of drug-likeness (QED) is 0.657. The Bertz CT molecular complexity index is 359. The van der Waals surface area contributed by atoms with Crippen molar-refractivity contribution in [2.24, 2.45) is 0 Å². The van der Waals surface area contributed by atoms with Gasteiger partial charge in [-0.3, -0.25) is 0 Å². The van der Waals surface area contributed by atoms with Gasteiger partial charge in [0.2, 0.25) is 0 Å². The Morgan fingerprint density at radius 3 is 2.13 bits per heavy atom. The first kappa shape index (κ1) is 13.6. The molecule has 0 bridgehead atoms. The molecular weight excluding hydrogens is 326 g/mol. The van der Waals surface area contributed by atoms with E-state index in [-0.39, 0.29) is 15.4 Å². The first-order valence-electron chi connectivity index (χ1n) is 4.04. The number of halogens is 4. The zero-order chi connectivity index (χ0) is 11.6. The Kier molecular flexibility index (Phi) is 5.16. The molecule has 0 aliphatic carbocycles. The van der Waals surface area contributed by atoms with Gasteiger partial charge < -0.3 is 10.2 Å². The van der Waals surface area contributed by atoms with E-state index in [4.69, 9.17) is 34.8 Å². The van der Waals surface area contributed by atoms with E-state index in [0.29, 0.717) is 10.6 Å². The van der Waals surface area contributed by atoms with Gasteiger partial charge in [0.1, 0.15) is 6.10 Å². The highest BCUT2D eigenvalue weighted by Crippen LogP contribution is 2.33. The van der Waals surface area contributed by atoms with Gasteiger partial charge in [0, 0.05) is 15.9 Å². The monoisotopic (exact) mass is 332 g/mol. The largest absolute Gasteiger partial charge is 0.389 e. The Hall–Kier alpha value is 0.490. The number of aliphatic hydroxyl groups excluding tert-OH is 2. The second kappa shape index (κ2) is 5.71. The molecular formula is C9H8BrCl3O2. The number of hydrogen-bond acceptors (Lipinski definition) is 2. The Balaban J connectivity index is 3.09. The van der Waals surface area contributed by atoms with Crippen LogP contribution in [0.15, 0.2) is 12.1 Å². The number of alkyl halides is 1. The molecule has 1 aromatic carbocycles. The van der Waals surface area contributed by atoms with Gasteiger partial charge >= 0.3 is 0 Å². The van der Waals surface area contributed by atoms with Gasteiger partial charge in [-0.1, -0.05) is 50.7 Å². The summed E-state index contributed by atoms with van der Waals surface area (Å²) in [5.74, 6) is 0. The Morgan fingerprint density at radius 1 is 1.07 bits per heavy atom. The predicted octanol–water partition coefficient (Wildman–Crippen LogP) is 3.44. The lowest BCUT2D eigenvalue weighted by atomic mass is 10.1. The zero-order valence-electron chi connectivity index (χ0n) is 7.42. The van der Waals surface area contributed by atoms with Gasteiger partial charge in [-0.15, -0.1) is 0 Å². The fourth-order valence-electron chi connectivity index (χ4n) is 1.06. The van der Waals surface area contributed by atoms with Crippen LogP contribution >= 0.6 is 50.7 Å².